The Bertz CT molecular complexity index is 352. The third kappa shape index (κ3) is 2.73. The van der Waals surface area contributed by atoms with Crippen molar-refractivity contribution in [1.29, 1.82) is 0 Å². The molecule has 0 fully saturated rings. The van der Waals surface area contributed by atoms with Crippen LogP contribution in [0.3, 0.4) is 0 Å². The zero-order chi connectivity index (χ0) is 9.68. The second-order valence-corrected chi connectivity index (χ2v) is 2.85. The van der Waals surface area contributed by atoms with Gasteiger partial charge in [-0.3, -0.25) is 0 Å². The lowest BCUT2D eigenvalue weighted by molar-refractivity contribution is 0.625. The van der Waals surface area contributed by atoms with E-state index in [4.69, 9.17) is 17.3 Å². The third-order valence-electron chi connectivity index (χ3n) is 1.44. The molecule has 1 aromatic rings. The topological polar surface area (TPSA) is 26.0 Å². The molecule has 0 bridgehead atoms. The Morgan fingerprint density at radius 3 is 2.92 bits per heavy atom. The molecule has 3 heteroatoms. The van der Waals surface area contributed by atoms with E-state index in [0.717, 1.165) is 0 Å². The highest BCUT2D eigenvalue weighted by atomic mass is 35.5. The maximum atomic E-state index is 13.2. The standard InChI is InChI=1S/C10H9ClFN/c11-9-6-3-5-8(10(9)12)4-1-2-7-13/h3,5-6H,2,7,13H2. The molecule has 0 unspecified atom stereocenters. The van der Waals surface area contributed by atoms with Crippen LogP contribution in [0, 0.1) is 17.7 Å². The van der Waals surface area contributed by atoms with Crippen molar-refractivity contribution in [3.63, 3.8) is 0 Å². The lowest BCUT2D eigenvalue weighted by Gasteiger charge is -1.95. The minimum atomic E-state index is -0.464. The predicted octanol–water partition coefficient (Wildman–Crippen LogP) is 2.18. The van der Waals surface area contributed by atoms with E-state index in [1.54, 1.807) is 12.1 Å². The zero-order valence-corrected chi connectivity index (χ0v) is 7.74. The zero-order valence-electron chi connectivity index (χ0n) is 6.98. The molecule has 0 aliphatic heterocycles. The van der Waals surface area contributed by atoms with Crippen LogP contribution in [-0.2, 0) is 0 Å². The summed E-state index contributed by atoms with van der Waals surface area (Å²) in [5, 5.41) is 0.0968. The van der Waals surface area contributed by atoms with Crippen LogP contribution >= 0.6 is 11.6 Å². The van der Waals surface area contributed by atoms with Gasteiger partial charge in [0, 0.05) is 13.0 Å². The smallest absolute Gasteiger partial charge is 0.157 e. The molecule has 0 saturated heterocycles. The lowest BCUT2D eigenvalue weighted by Crippen LogP contribution is -1.95. The van der Waals surface area contributed by atoms with Gasteiger partial charge in [0.05, 0.1) is 10.6 Å². The van der Waals surface area contributed by atoms with Crippen LogP contribution in [-0.4, -0.2) is 6.54 Å². The Balaban J connectivity index is 2.91. The molecule has 0 amide bonds. The van der Waals surface area contributed by atoms with E-state index in [9.17, 15) is 4.39 Å². The van der Waals surface area contributed by atoms with Crippen molar-refractivity contribution in [1.82, 2.24) is 0 Å². The normalized spacial score (nSPS) is 9.15. The lowest BCUT2D eigenvalue weighted by atomic mass is 10.2. The van der Waals surface area contributed by atoms with Crippen molar-refractivity contribution < 1.29 is 4.39 Å². The minimum absolute atomic E-state index is 0.0968. The highest BCUT2D eigenvalue weighted by Crippen LogP contribution is 2.16. The molecule has 68 valence electrons. The van der Waals surface area contributed by atoms with Crippen molar-refractivity contribution in [3.8, 4) is 11.8 Å². The van der Waals surface area contributed by atoms with Gasteiger partial charge in [-0.05, 0) is 12.1 Å². The van der Waals surface area contributed by atoms with Crippen molar-refractivity contribution in [2.75, 3.05) is 6.54 Å². The summed E-state index contributed by atoms with van der Waals surface area (Å²) in [6.45, 7) is 0.481. The molecule has 0 heterocycles. The van der Waals surface area contributed by atoms with E-state index < -0.39 is 5.82 Å². The molecule has 0 aliphatic carbocycles. The second kappa shape index (κ2) is 4.86. The van der Waals surface area contributed by atoms with Gasteiger partial charge < -0.3 is 5.73 Å². The molecule has 1 nitrogen and oxygen atoms in total. The quantitative estimate of drug-likeness (QED) is 0.687. The fraction of sp³-hybridized carbons (Fsp3) is 0.200. The summed E-state index contributed by atoms with van der Waals surface area (Å²) in [5.74, 6) is 4.95. The highest BCUT2D eigenvalue weighted by molar-refractivity contribution is 6.30. The van der Waals surface area contributed by atoms with Crippen molar-refractivity contribution in [2.24, 2.45) is 5.73 Å². The number of nitrogens with two attached hydrogens (primary N) is 1. The van der Waals surface area contributed by atoms with Gasteiger partial charge in [0.2, 0.25) is 0 Å². The van der Waals surface area contributed by atoms with E-state index in [-0.39, 0.29) is 5.02 Å². The summed E-state index contributed by atoms with van der Waals surface area (Å²) >= 11 is 5.56. The largest absolute Gasteiger partial charge is 0.330 e. The van der Waals surface area contributed by atoms with Crippen molar-refractivity contribution in [2.45, 2.75) is 6.42 Å². The Labute approximate surface area is 81.7 Å². The van der Waals surface area contributed by atoms with Crippen molar-refractivity contribution >= 4 is 11.6 Å². The average molecular weight is 198 g/mol. The first-order valence-corrected chi connectivity index (χ1v) is 4.26. The maximum absolute atomic E-state index is 13.2. The van der Waals surface area contributed by atoms with Gasteiger partial charge in [0.25, 0.3) is 0 Å². The molecule has 1 aromatic carbocycles. The molecular formula is C10H9ClFN. The number of rotatable bonds is 1. The molecule has 13 heavy (non-hydrogen) atoms. The fourth-order valence-electron chi connectivity index (χ4n) is 0.830. The first-order valence-electron chi connectivity index (χ1n) is 3.88. The number of halogens is 2. The Kier molecular flexibility index (Phi) is 3.75. The SMILES string of the molecule is NCCC#Cc1cccc(Cl)c1F. The van der Waals surface area contributed by atoms with Crippen molar-refractivity contribution in [3.05, 3.63) is 34.6 Å². The van der Waals surface area contributed by atoms with E-state index in [1.165, 1.54) is 6.07 Å². The summed E-state index contributed by atoms with van der Waals surface area (Å²) in [6, 6.07) is 4.74. The van der Waals surface area contributed by atoms with Crippen LogP contribution in [0.5, 0.6) is 0 Å². The predicted molar refractivity (Wildman–Crippen MR) is 52.0 cm³/mol. The first-order chi connectivity index (χ1) is 6.25. The second-order valence-electron chi connectivity index (χ2n) is 2.44. The molecule has 1 rings (SSSR count). The Hall–Kier alpha value is -1.04. The van der Waals surface area contributed by atoms with Crippen LogP contribution in [0.1, 0.15) is 12.0 Å². The molecule has 0 saturated carbocycles. The first kappa shape index (κ1) is 10.0. The van der Waals surface area contributed by atoms with Gasteiger partial charge in [-0.15, -0.1) is 0 Å². The Morgan fingerprint density at radius 1 is 1.46 bits per heavy atom. The van der Waals surface area contributed by atoms with Gasteiger partial charge in [0.15, 0.2) is 5.82 Å². The van der Waals surface area contributed by atoms with E-state index in [0.29, 0.717) is 18.5 Å². The van der Waals surface area contributed by atoms with Gasteiger partial charge in [-0.25, -0.2) is 4.39 Å². The van der Waals surface area contributed by atoms with Gasteiger partial charge in [0.1, 0.15) is 0 Å². The number of hydrogen-bond acceptors (Lipinski definition) is 1. The summed E-state index contributed by atoms with van der Waals surface area (Å²) in [4.78, 5) is 0. The number of hydrogen-bond donors (Lipinski definition) is 1. The van der Waals surface area contributed by atoms with Crippen LogP contribution in [0.4, 0.5) is 4.39 Å². The maximum Gasteiger partial charge on any atom is 0.157 e. The summed E-state index contributed by atoms with van der Waals surface area (Å²) in [7, 11) is 0. The van der Waals surface area contributed by atoms with Gasteiger partial charge in [-0.2, -0.15) is 0 Å². The summed E-state index contributed by atoms with van der Waals surface area (Å²) in [5.41, 5.74) is 5.56. The van der Waals surface area contributed by atoms with Gasteiger partial charge in [-0.1, -0.05) is 29.5 Å². The molecule has 0 radical (unpaired) electrons. The Morgan fingerprint density at radius 2 is 2.23 bits per heavy atom. The van der Waals surface area contributed by atoms with E-state index in [2.05, 4.69) is 11.8 Å². The molecule has 0 atom stereocenters. The van der Waals surface area contributed by atoms with E-state index >= 15 is 0 Å². The highest BCUT2D eigenvalue weighted by Gasteiger charge is 2.02. The summed E-state index contributed by atoms with van der Waals surface area (Å²) < 4.78 is 13.2. The van der Waals surface area contributed by atoms with Crippen LogP contribution in [0.2, 0.25) is 5.02 Å². The molecule has 2 N–H and O–H groups in total. The molecule has 0 aliphatic rings. The third-order valence-corrected chi connectivity index (χ3v) is 1.74. The monoisotopic (exact) mass is 197 g/mol. The van der Waals surface area contributed by atoms with Crippen LogP contribution < -0.4 is 5.73 Å². The molecule has 0 spiro atoms. The molecular weight excluding hydrogens is 189 g/mol. The van der Waals surface area contributed by atoms with Gasteiger partial charge >= 0.3 is 0 Å². The average Bonchev–Trinajstić information content (AvgIpc) is 2.13. The van der Waals surface area contributed by atoms with Crippen LogP contribution in [0.15, 0.2) is 18.2 Å². The number of benzene rings is 1. The summed E-state index contributed by atoms with van der Waals surface area (Å²) in [6.07, 6.45) is 0.561. The van der Waals surface area contributed by atoms with E-state index in [1.807, 2.05) is 0 Å². The minimum Gasteiger partial charge on any atom is -0.330 e. The van der Waals surface area contributed by atoms with Crippen LogP contribution in [0.25, 0.3) is 0 Å². The molecule has 0 aromatic heterocycles. The fourth-order valence-corrected chi connectivity index (χ4v) is 1.00.